The van der Waals surface area contributed by atoms with Crippen LogP contribution in [0.4, 0.5) is 4.39 Å². The third-order valence-corrected chi connectivity index (χ3v) is 7.47. The van der Waals surface area contributed by atoms with Crippen molar-refractivity contribution in [1.29, 1.82) is 0 Å². The number of methoxy groups -OCH3 is 1. The highest BCUT2D eigenvalue weighted by Crippen LogP contribution is 2.38. The van der Waals surface area contributed by atoms with Crippen LogP contribution in [0, 0.1) is 17.8 Å². The highest BCUT2D eigenvalue weighted by Gasteiger charge is 2.50. The summed E-state index contributed by atoms with van der Waals surface area (Å²) in [5, 5.41) is 13.3. The number of hydrogen-bond acceptors (Lipinski definition) is 5. The monoisotopic (exact) mass is 436 g/mol. The minimum atomic E-state index is -0.701. The molecular formula is C23H39FN5O2+. The summed E-state index contributed by atoms with van der Waals surface area (Å²) < 4.78 is 21.2. The summed E-state index contributed by atoms with van der Waals surface area (Å²) >= 11 is 0. The second-order valence-corrected chi connectivity index (χ2v) is 9.58. The molecule has 3 heterocycles. The van der Waals surface area contributed by atoms with Crippen LogP contribution in [-0.2, 0) is 9.53 Å². The summed E-state index contributed by atoms with van der Waals surface area (Å²) in [5.41, 5.74) is 1.40. The number of allylic oxidation sites excluding steroid dienone is 1. The Bertz CT molecular complexity index is 699. The van der Waals surface area contributed by atoms with Gasteiger partial charge in [-0.25, -0.2) is 14.3 Å². The third kappa shape index (κ3) is 5.18. The summed E-state index contributed by atoms with van der Waals surface area (Å²) in [6.07, 6.45) is 8.17. The van der Waals surface area contributed by atoms with Crippen LogP contribution in [0.25, 0.3) is 0 Å². The Balaban J connectivity index is 1.34. The number of amides is 1. The molecule has 7 nitrogen and oxygen atoms in total. The van der Waals surface area contributed by atoms with Gasteiger partial charge in [-0.1, -0.05) is 18.6 Å². The largest absolute Gasteiger partial charge is 0.370 e. The summed E-state index contributed by atoms with van der Waals surface area (Å²) in [7, 11) is 1.66. The van der Waals surface area contributed by atoms with Crippen molar-refractivity contribution in [1.82, 2.24) is 21.3 Å². The van der Waals surface area contributed by atoms with Gasteiger partial charge >= 0.3 is 5.91 Å². The fraction of sp³-hybridized carbons (Fsp3) is 0.826. The summed E-state index contributed by atoms with van der Waals surface area (Å²) in [6.45, 7) is 5.88. The number of alkyl halides is 1. The van der Waals surface area contributed by atoms with Crippen molar-refractivity contribution in [2.24, 2.45) is 17.8 Å². The lowest BCUT2D eigenvalue weighted by Crippen LogP contribution is -2.46. The molecule has 0 aromatic heterocycles. The lowest BCUT2D eigenvalue weighted by Gasteiger charge is -2.30. The van der Waals surface area contributed by atoms with E-state index in [4.69, 9.17) is 4.74 Å². The van der Waals surface area contributed by atoms with Gasteiger partial charge in [-0.15, -0.1) is 0 Å². The fourth-order valence-corrected chi connectivity index (χ4v) is 5.83. The molecule has 3 aliphatic heterocycles. The van der Waals surface area contributed by atoms with Crippen molar-refractivity contribution >= 4 is 12.1 Å². The van der Waals surface area contributed by atoms with Gasteiger partial charge in [-0.3, -0.25) is 10.1 Å². The van der Waals surface area contributed by atoms with E-state index in [2.05, 4.69) is 38.1 Å². The second-order valence-electron chi connectivity index (χ2n) is 9.58. The van der Waals surface area contributed by atoms with Gasteiger partial charge in [0.1, 0.15) is 12.4 Å². The zero-order chi connectivity index (χ0) is 21.8. The van der Waals surface area contributed by atoms with Crippen LogP contribution in [-0.4, -0.2) is 81.1 Å². The molecule has 1 aliphatic carbocycles. The average molecular weight is 437 g/mol. The van der Waals surface area contributed by atoms with Crippen LogP contribution in [0.3, 0.4) is 0 Å². The van der Waals surface area contributed by atoms with Gasteiger partial charge in [0.15, 0.2) is 6.04 Å². The van der Waals surface area contributed by atoms with Crippen molar-refractivity contribution in [3.8, 4) is 0 Å². The first kappa shape index (κ1) is 22.8. The predicted molar refractivity (Wildman–Crippen MR) is 119 cm³/mol. The van der Waals surface area contributed by atoms with E-state index in [-0.39, 0.29) is 18.0 Å². The van der Waals surface area contributed by atoms with E-state index in [1.807, 2.05) is 6.92 Å². The molecule has 8 heteroatoms. The Labute approximate surface area is 185 Å². The van der Waals surface area contributed by atoms with Crippen LogP contribution in [0.1, 0.15) is 39.0 Å². The number of fused-ring (bicyclic) bond motifs is 1. The molecule has 2 saturated heterocycles. The molecule has 7 unspecified atom stereocenters. The van der Waals surface area contributed by atoms with Crippen LogP contribution in [0.2, 0.25) is 0 Å². The normalized spacial score (nSPS) is 37.5. The molecule has 7 atom stereocenters. The molecule has 0 aromatic carbocycles. The number of ether oxygens (including phenoxy) is 1. The molecule has 4 N–H and O–H groups in total. The van der Waals surface area contributed by atoms with Crippen molar-refractivity contribution in [3.63, 3.8) is 0 Å². The SMILES string of the molecule is COCNCCCNC(=O)C1NCC2CC(C3CCNC3C3=CC(C)C(F)CC3)C=[N+]21. The van der Waals surface area contributed by atoms with Gasteiger partial charge in [-0.05, 0) is 44.7 Å². The van der Waals surface area contributed by atoms with Crippen molar-refractivity contribution in [2.75, 3.05) is 40.0 Å². The number of rotatable bonds is 9. The van der Waals surface area contributed by atoms with Crippen LogP contribution >= 0.6 is 0 Å². The number of carbonyl (C=O) groups excluding carboxylic acids is 1. The standard InChI is InChI=1S/C23H38FN5O2/c1-15-10-16(4-5-20(15)24)21-19(6-9-26-21)17-11-18-12-28-22(29(18)13-17)23(30)27-8-3-7-25-14-31-2/h10,13,15,17-22,25-26,28H,3-9,11-12,14H2,1-2H3/p+1. The van der Waals surface area contributed by atoms with Crippen LogP contribution in [0.5, 0.6) is 0 Å². The zero-order valence-corrected chi connectivity index (χ0v) is 18.9. The van der Waals surface area contributed by atoms with E-state index >= 15 is 0 Å². The Morgan fingerprint density at radius 1 is 1.32 bits per heavy atom. The van der Waals surface area contributed by atoms with Gasteiger partial charge in [0.25, 0.3) is 6.17 Å². The lowest BCUT2D eigenvalue weighted by molar-refractivity contribution is -0.555. The molecule has 31 heavy (non-hydrogen) atoms. The Morgan fingerprint density at radius 3 is 3.00 bits per heavy atom. The minimum Gasteiger partial charge on any atom is -0.370 e. The van der Waals surface area contributed by atoms with E-state index in [0.717, 1.165) is 45.3 Å². The van der Waals surface area contributed by atoms with Crippen molar-refractivity contribution in [3.05, 3.63) is 11.6 Å². The molecule has 2 fully saturated rings. The van der Waals surface area contributed by atoms with Crippen LogP contribution in [0.15, 0.2) is 11.6 Å². The number of halogens is 1. The van der Waals surface area contributed by atoms with Crippen molar-refractivity contribution < 1.29 is 18.5 Å². The lowest BCUT2D eigenvalue weighted by atomic mass is 9.77. The molecular weight excluding hydrogens is 397 g/mol. The first-order chi connectivity index (χ1) is 15.1. The molecule has 4 rings (SSSR count). The first-order valence-corrected chi connectivity index (χ1v) is 12.0. The quantitative estimate of drug-likeness (QED) is 0.186. The fourth-order valence-electron chi connectivity index (χ4n) is 5.83. The van der Waals surface area contributed by atoms with E-state index in [0.29, 0.717) is 43.6 Å². The number of nitrogens with one attached hydrogen (secondary N) is 4. The molecule has 1 amide bonds. The first-order valence-electron chi connectivity index (χ1n) is 12.0. The summed E-state index contributed by atoms with van der Waals surface area (Å²) in [6, 6.07) is 0.746. The summed E-state index contributed by atoms with van der Waals surface area (Å²) in [5.74, 6) is 1.09. The van der Waals surface area contributed by atoms with Gasteiger partial charge in [0, 0.05) is 38.0 Å². The Kier molecular flexibility index (Phi) is 7.74. The van der Waals surface area contributed by atoms with Gasteiger partial charge < -0.3 is 15.4 Å². The van der Waals surface area contributed by atoms with Crippen molar-refractivity contribution in [2.45, 2.75) is 63.4 Å². The molecule has 4 aliphatic rings. The molecule has 0 spiro atoms. The maximum Gasteiger partial charge on any atom is 0.305 e. The zero-order valence-electron chi connectivity index (χ0n) is 18.9. The molecule has 174 valence electrons. The summed E-state index contributed by atoms with van der Waals surface area (Å²) in [4.78, 5) is 12.7. The smallest absolute Gasteiger partial charge is 0.305 e. The third-order valence-electron chi connectivity index (χ3n) is 7.47. The number of carbonyl (C=O) groups is 1. The highest BCUT2D eigenvalue weighted by molar-refractivity contribution is 5.81. The molecule has 0 saturated carbocycles. The average Bonchev–Trinajstić information content (AvgIpc) is 3.47. The Morgan fingerprint density at radius 2 is 2.19 bits per heavy atom. The van der Waals surface area contributed by atoms with Gasteiger partial charge in [0.2, 0.25) is 0 Å². The van der Waals surface area contributed by atoms with Gasteiger partial charge in [0.05, 0.1) is 13.3 Å². The topological polar surface area (TPSA) is 77.4 Å². The number of nitrogens with zero attached hydrogens (tertiary/aromatic N) is 1. The molecule has 0 radical (unpaired) electrons. The molecule has 0 aromatic rings. The number of hydrogen-bond donors (Lipinski definition) is 4. The van der Waals surface area contributed by atoms with E-state index < -0.39 is 6.17 Å². The van der Waals surface area contributed by atoms with Gasteiger partial charge in [-0.2, -0.15) is 0 Å². The van der Waals surface area contributed by atoms with E-state index in [1.54, 1.807) is 7.11 Å². The maximum atomic E-state index is 13.9. The predicted octanol–water partition coefficient (Wildman–Crippen LogP) is 0.760. The maximum absolute atomic E-state index is 13.9. The van der Waals surface area contributed by atoms with E-state index in [9.17, 15) is 9.18 Å². The Hall–Kier alpha value is -1.35. The highest BCUT2D eigenvalue weighted by atomic mass is 19.1. The van der Waals surface area contributed by atoms with Crippen LogP contribution < -0.4 is 21.3 Å². The van der Waals surface area contributed by atoms with E-state index in [1.165, 1.54) is 5.57 Å². The second kappa shape index (κ2) is 10.5. The molecule has 0 bridgehead atoms. The minimum absolute atomic E-state index is 0.0180.